The Balaban J connectivity index is 2.34. The Morgan fingerprint density at radius 2 is 2.07 bits per heavy atom. The fraction of sp³-hybridized carbons (Fsp3) is 0.846. The first kappa shape index (κ1) is 12.4. The van der Waals surface area contributed by atoms with Gasteiger partial charge in [0.25, 0.3) is 0 Å². The molecule has 0 N–H and O–H groups in total. The van der Waals surface area contributed by atoms with Crippen LogP contribution in [0.25, 0.3) is 0 Å². The van der Waals surface area contributed by atoms with Crippen LogP contribution in [0.15, 0.2) is 0 Å². The Hall–Kier alpha value is -0.660. The van der Waals surface area contributed by atoms with Crippen molar-refractivity contribution in [2.75, 3.05) is 0 Å². The summed E-state index contributed by atoms with van der Waals surface area (Å²) in [7, 11) is 0. The van der Waals surface area contributed by atoms with Gasteiger partial charge in [-0.2, -0.15) is 0 Å². The molecule has 86 valence electrons. The van der Waals surface area contributed by atoms with Crippen LogP contribution in [0.1, 0.15) is 58.8 Å². The summed E-state index contributed by atoms with van der Waals surface area (Å²) in [4.78, 5) is 22.8. The standard InChI is InChI=1S/C13H22O2/c1-3-4-5-6-7-11-8-9-12(15)13(11)10(2)14/h11,13H,3-9H2,1-2H3. The van der Waals surface area contributed by atoms with E-state index < -0.39 is 0 Å². The molecule has 1 saturated carbocycles. The van der Waals surface area contributed by atoms with Crippen molar-refractivity contribution in [3.8, 4) is 0 Å². The van der Waals surface area contributed by atoms with Crippen LogP contribution in [0.5, 0.6) is 0 Å². The van der Waals surface area contributed by atoms with Gasteiger partial charge in [0.05, 0.1) is 5.92 Å². The van der Waals surface area contributed by atoms with Crippen LogP contribution in [0.4, 0.5) is 0 Å². The molecule has 1 aliphatic rings. The SMILES string of the molecule is CCCCCCC1CCC(=O)C1C(C)=O. The number of hydrogen-bond donors (Lipinski definition) is 0. The first-order valence-electron chi connectivity index (χ1n) is 6.20. The Kier molecular flexibility index (Phi) is 5.00. The van der Waals surface area contributed by atoms with E-state index >= 15 is 0 Å². The highest BCUT2D eigenvalue weighted by Gasteiger charge is 2.36. The Bertz CT molecular complexity index is 233. The minimum Gasteiger partial charge on any atom is -0.299 e. The van der Waals surface area contributed by atoms with E-state index in [9.17, 15) is 9.59 Å². The molecule has 1 rings (SSSR count). The summed E-state index contributed by atoms with van der Waals surface area (Å²) in [6.45, 7) is 3.75. The molecule has 2 heteroatoms. The van der Waals surface area contributed by atoms with Crippen molar-refractivity contribution in [2.45, 2.75) is 58.8 Å². The molecule has 2 unspecified atom stereocenters. The quantitative estimate of drug-likeness (QED) is 0.498. The van der Waals surface area contributed by atoms with Crippen molar-refractivity contribution in [1.82, 2.24) is 0 Å². The number of Topliss-reactive ketones (excluding diaryl/α,β-unsaturated/α-hetero) is 2. The van der Waals surface area contributed by atoms with Crippen LogP contribution in [-0.2, 0) is 9.59 Å². The minimum absolute atomic E-state index is 0.0815. The van der Waals surface area contributed by atoms with Gasteiger partial charge in [0.1, 0.15) is 11.6 Å². The third kappa shape index (κ3) is 3.44. The maximum Gasteiger partial charge on any atom is 0.143 e. The molecular formula is C13H22O2. The van der Waals surface area contributed by atoms with Gasteiger partial charge in [-0.15, -0.1) is 0 Å². The van der Waals surface area contributed by atoms with E-state index in [4.69, 9.17) is 0 Å². The zero-order chi connectivity index (χ0) is 11.3. The highest BCUT2D eigenvalue weighted by atomic mass is 16.1. The molecule has 2 atom stereocenters. The van der Waals surface area contributed by atoms with Gasteiger partial charge in [-0.25, -0.2) is 0 Å². The summed E-state index contributed by atoms with van der Waals surface area (Å²) in [5, 5.41) is 0. The molecule has 0 bridgehead atoms. The van der Waals surface area contributed by atoms with Crippen molar-refractivity contribution in [2.24, 2.45) is 11.8 Å². The van der Waals surface area contributed by atoms with Gasteiger partial charge in [0.2, 0.25) is 0 Å². The monoisotopic (exact) mass is 210 g/mol. The van der Waals surface area contributed by atoms with Gasteiger partial charge >= 0.3 is 0 Å². The molecule has 0 amide bonds. The van der Waals surface area contributed by atoms with Gasteiger partial charge in [-0.3, -0.25) is 9.59 Å². The van der Waals surface area contributed by atoms with E-state index in [1.54, 1.807) is 6.92 Å². The second-order valence-electron chi connectivity index (χ2n) is 4.70. The highest BCUT2D eigenvalue weighted by molar-refractivity contribution is 6.03. The van der Waals surface area contributed by atoms with Crippen LogP contribution >= 0.6 is 0 Å². The second kappa shape index (κ2) is 6.04. The molecule has 0 aromatic heterocycles. The van der Waals surface area contributed by atoms with Crippen molar-refractivity contribution >= 4 is 11.6 Å². The second-order valence-corrected chi connectivity index (χ2v) is 4.70. The molecule has 0 spiro atoms. The lowest BCUT2D eigenvalue weighted by molar-refractivity contribution is -0.130. The summed E-state index contributed by atoms with van der Waals surface area (Å²) in [5.74, 6) is 0.361. The van der Waals surface area contributed by atoms with Crippen LogP contribution in [-0.4, -0.2) is 11.6 Å². The highest BCUT2D eigenvalue weighted by Crippen LogP contribution is 2.33. The summed E-state index contributed by atoms with van der Waals surface area (Å²) in [6.07, 6.45) is 7.56. The Labute approximate surface area is 92.4 Å². The Morgan fingerprint density at radius 3 is 2.67 bits per heavy atom. The summed E-state index contributed by atoms with van der Waals surface area (Å²) < 4.78 is 0. The van der Waals surface area contributed by atoms with Crippen molar-refractivity contribution in [1.29, 1.82) is 0 Å². The number of carbonyl (C=O) groups excluding carboxylic acids is 2. The van der Waals surface area contributed by atoms with E-state index in [1.165, 1.54) is 25.7 Å². The maximum absolute atomic E-state index is 11.5. The van der Waals surface area contributed by atoms with E-state index in [0.717, 1.165) is 12.8 Å². The predicted molar refractivity (Wildman–Crippen MR) is 60.7 cm³/mol. The molecule has 0 aliphatic heterocycles. The molecule has 0 aromatic carbocycles. The lowest BCUT2D eigenvalue weighted by atomic mass is 9.88. The molecule has 0 aromatic rings. The minimum atomic E-state index is -0.258. The molecular weight excluding hydrogens is 188 g/mol. The summed E-state index contributed by atoms with van der Waals surface area (Å²) >= 11 is 0. The van der Waals surface area contributed by atoms with Crippen LogP contribution < -0.4 is 0 Å². The van der Waals surface area contributed by atoms with E-state index in [0.29, 0.717) is 12.3 Å². The van der Waals surface area contributed by atoms with Crippen molar-refractivity contribution < 1.29 is 9.59 Å². The fourth-order valence-corrected chi connectivity index (χ4v) is 2.62. The zero-order valence-corrected chi connectivity index (χ0v) is 9.92. The van der Waals surface area contributed by atoms with Gasteiger partial charge in [-0.05, 0) is 25.7 Å². The van der Waals surface area contributed by atoms with Crippen molar-refractivity contribution in [3.05, 3.63) is 0 Å². The number of rotatable bonds is 6. The summed E-state index contributed by atoms with van der Waals surface area (Å²) in [6, 6.07) is 0. The fourth-order valence-electron chi connectivity index (χ4n) is 2.62. The van der Waals surface area contributed by atoms with Gasteiger partial charge in [0, 0.05) is 6.42 Å². The lowest BCUT2D eigenvalue weighted by Gasteiger charge is -2.15. The predicted octanol–water partition coefficient (Wildman–Crippen LogP) is 3.14. The Morgan fingerprint density at radius 1 is 1.33 bits per heavy atom. The van der Waals surface area contributed by atoms with Gasteiger partial charge in [0.15, 0.2) is 0 Å². The number of unbranched alkanes of at least 4 members (excludes halogenated alkanes) is 3. The lowest BCUT2D eigenvalue weighted by Crippen LogP contribution is -2.22. The topological polar surface area (TPSA) is 34.1 Å². The van der Waals surface area contributed by atoms with E-state index in [2.05, 4.69) is 6.92 Å². The smallest absolute Gasteiger partial charge is 0.143 e. The normalized spacial score (nSPS) is 25.9. The van der Waals surface area contributed by atoms with Crippen LogP contribution in [0, 0.1) is 11.8 Å². The largest absolute Gasteiger partial charge is 0.299 e. The van der Waals surface area contributed by atoms with Gasteiger partial charge < -0.3 is 0 Å². The molecule has 1 fully saturated rings. The first-order chi connectivity index (χ1) is 7.16. The zero-order valence-electron chi connectivity index (χ0n) is 9.92. The third-order valence-corrected chi connectivity index (χ3v) is 3.45. The molecule has 0 saturated heterocycles. The van der Waals surface area contributed by atoms with E-state index in [-0.39, 0.29) is 17.5 Å². The van der Waals surface area contributed by atoms with Crippen LogP contribution in [0.2, 0.25) is 0 Å². The van der Waals surface area contributed by atoms with E-state index in [1.807, 2.05) is 0 Å². The number of carbonyl (C=O) groups is 2. The average molecular weight is 210 g/mol. The van der Waals surface area contributed by atoms with Crippen LogP contribution in [0.3, 0.4) is 0 Å². The number of hydrogen-bond acceptors (Lipinski definition) is 2. The average Bonchev–Trinajstić information content (AvgIpc) is 2.54. The molecule has 0 heterocycles. The molecule has 0 radical (unpaired) electrons. The molecule has 1 aliphatic carbocycles. The first-order valence-corrected chi connectivity index (χ1v) is 6.20. The maximum atomic E-state index is 11.5. The molecule has 2 nitrogen and oxygen atoms in total. The van der Waals surface area contributed by atoms with Crippen molar-refractivity contribution in [3.63, 3.8) is 0 Å². The third-order valence-electron chi connectivity index (χ3n) is 3.45. The molecule has 15 heavy (non-hydrogen) atoms. The van der Waals surface area contributed by atoms with Gasteiger partial charge in [-0.1, -0.05) is 32.6 Å². The number of ketones is 2. The summed E-state index contributed by atoms with van der Waals surface area (Å²) in [5.41, 5.74) is 0.